The second kappa shape index (κ2) is 7.69. The molecule has 0 aliphatic carbocycles. The maximum Gasteiger partial charge on any atom is 0.408 e. The van der Waals surface area contributed by atoms with Crippen molar-refractivity contribution in [2.24, 2.45) is 0 Å². The Morgan fingerprint density at radius 1 is 1.33 bits per heavy atom. The molecule has 102 valence electrons. The molecule has 0 saturated carbocycles. The van der Waals surface area contributed by atoms with E-state index in [1.807, 2.05) is 32.1 Å². The molecule has 0 aromatic rings. The normalized spacial score (nSPS) is 14.4. The number of alkyl carbamates (subject to hydrolysis) is 1. The van der Waals surface area contributed by atoms with Gasteiger partial charge >= 0.3 is 6.09 Å². The summed E-state index contributed by atoms with van der Waals surface area (Å²) in [5.41, 5.74) is 0.336. The zero-order chi connectivity index (χ0) is 14.2. The second-order valence-electron chi connectivity index (χ2n) is 4.89. The average Bonchev–Trinajstić information content (AvgIpc) is 2.22. The van der Waals surface area contributed by atoms with E-state index in [4.69, 9.17) is 4.74 Å². The largest absolute Gasteiger partial charge is 0.444 e. The fraction of sp³-hybridized carbons (Fsp3) is 0.571. The first kappa shape index (κ1) is 16.4. The van der Waals surface area contributed by atoms with Crippen molar-refractivity contribution in [2.75, 3.05) is 0 Å². The number of carbonyl (C=O) groups excluding carboxylic acids is 2. The Kier molecular flexibility index (Phi) is 7.01. The first-order valence-electron chi connectivity index (χ1n) is 6.06. The molecule has 1 unspecified atom stereocenters. The van der Waals surface area contributed by atoms with Crippen molar-refractivity contribution < 1.29 is 14.3 Å². The summed E-state index contributed by atoms with van der Waals surface area (Å²) < 4.78 is 5.17. The standard InChI is InChI=1S/C14H23NO3/c1-6-8-11(7-2)12(9-10-16)15-13(17)18-14(3,4)5/h6-8,10,12H,9H2,1-5H3,(H,15,17). The maximum absolute atomic E-state index is 11.7. The molecule has 0 aromatic carbocycles. The van der Waals surface area contributed by atoms with Crippen LogP contribution in [0.3, 0.4) is 0 Å². The summed E-state index contributed by atoms with van der Waals surface area (Å²) in [5, 5.41) is 2.70. The highest BCUT2D eigenvalue weighted by Crippen LogP contribution is 2.11. The molecule has 0 spiro atoms. The van der Waals surface area contributed by atoms with Gasteiger partial charge in [0.2, 0.25) is 0 Å². The van der Waals surface area contributed by atoms with E-state index >= 15 is 0 Å². The quantitative estimate of drug-likeness (QED) is 0.605. The van der Waals surface area contributed by atoms with Crippen LogP contribution in [0.5, 0.6) is 0 Å². The molecule has 0 rings (SSSR count). The highest BCUT2D eigenvalue weighted by atomic mass is 16.6. The topological polar surface area (TPSA) is 55.4 Å². The Balaban J connectivity index is 4.72. The van der Waals surface area contributed by atoms with E-state index in [9.17, 15) is 9.59 Å². The predicted molar refractivity (Wildman–Crippen MR) is 72.4 cm³/mol. The summed E-state index contributed by atoms with van der Waals surface area (Å²) in [4.78, 5) is 22.3. The molecule has 0 saturated heterocycles. The Labute approximate surface area is 109 Å². The van der Waals surface area contributed by atoms with Crippen LogP contribution < -0.4 is 5.32 Å². The lowest BCUT2D eigenvalue weighted by Gasteiger charge is -2.23. The molecule has 0 aromatic heterocycles. The summed E-state index contributed by atoms with van der Waals surface area (Å²) >= 11 is 0. The van der Waals surface area contributed by atoms with Crippen molar-refractivity contribution in [3.63, 3.8) is 0 Å². The van der Waals surface area contributed by atoms with Gasteiger partial charge in [0.05, 0.1) is 6.04 Å². The van der Waals surface area contributed by atoms with Gasteiger partial charge in [0, 0.05) is 6.42 Å². The average molecular weight is 253 g/mol. The van der Waals surface area contributed by atoms with Crippen LogP contribution in [0.4, 0.5) is 4.79 Å². The molecule has 0 bridgehead atoms. The third-order valence-electron chi connectivity index (χ3n) is 2.12. The molecule has 0 aliphatic rings. The van der Waals surface area contributed by atoms with Gasteiger partial charge in [0.1, 0.15) is 11.9 Å². The fourth-order valence-corrected chi connectivity index (χ4v) is 1.43. The second-order valence-corrected chi connectivity index (χ2v) is 4.89. The number of rotatable bonds is 5. The Bertz CT molecular complexity index is 337. The number of nitrogens with one attached hydrogen (secondary N) is 1. The van der Waals surface area contributed by atoms with Crippen LogP contribution in [0.1, 0.15) is 41.0 Å². The predicted octanol–water partition coefficient (Wildman–Crippen LogP) is 2.99. The minimum Gasteiger partial charge on any atom is -0.444 e. The van der Waals surface area contributed by atoms with Crippen LogP contribution >= 0.6 is 0 Å². The number of carbonyl (C=O) groups is 2. The van der Waals surface area contributed by atoms with Gasteiger partial charge in [-0.2, -0.15) is 0 Å². The van der Waals surface area contributed by atoms with Gasteiger partial charge in [-0.3, -0.25) is 0 Å². The van der Waals surface area contributed by atoms with Gasteiger partial charge in [0.15, 0.2) is 0 Å². The van der Waals surface area contributed by atoms with Gasteiger partial charge in [-0.15, -0.1) is 0 Å². The first-order chi connectivity index (χ1) is 8.34. The Morgan fingerprint density at radius 2 is 1.94 bits per heavy atom. The molecule has 1 N–H and O–H groups in total. The van der Waals surface area contributed by atoms with Crippen LogP contribution in [-0.4, -0.2) is 24.0 Å². The maximum atomic E-state index is 11.7. The van der Waals surface area contributed by atoms with Gasteiger partial charge in [0.25, 0.3) is 0 Å². The van der Waals surface area contributed by atoms with Crippen LogP contribution in [0, 0.1) is 0 Å². The third kappa shape index (κ3) is 6.89. The van der Waals surface area contributed by atoms with Gasteiger partial charge in [-0.05, 0) is 40.2 Å². The van der Waals surface area contributed by atoms with Crippen molar-refractivity contribution in [2.45, 2.75) is 52.7 Å². The molecule has 18 heavy (non-hydrogen) atoms. The van der Waals surface area contributed by atoms with Gasteiger partial charge < -0.3 is 14.8 Å². The van der Waals surface area contributed by atoms with E-state index in [2.05, 4.69) is 5.32 Å². The van der Waals surface area contributed by atoms with Crippen LogP contribution in [0.15, 0.2) is 23.8 Å². The first-order valence-corrected chi connectivity index (χ1v) is 6.06. The van der Waals surface area contributed by atoms with E-state index < -0.39 is 11.7 Å². The van der Waals surface area contributed by atoms with Crippen molar-refractivity contribution in [1.29, 1.82) is 0 Å². The minimum absolute atomic E-state index is 0.225. The monoisotopic (exact) mass is 253 g/mol. The molecule has 1 atom stereocenters. The van der Waals surface area contributed by atoms with Crippen LogP contribution in [0.25, 0.3) is 0 Å². The lowest BCUT2D eigenvalue weighted by Crippen LogP contribution is -2.40. The Morgan fingerprint density at radius 3 is 2.33 bits per heavy atom. The van der Waals surface area contributed by atoms with E-state index in [-0.39, 0.29) is 12.5 Å². The molecule has 0 aliphatic heterocycles. The van der Waals surface area contributed by atoms with Crippen molar-refractivity contribution in [3.8, 4) is 0 Å². The molecule has 0 radical (unpaired) electrons. The number of amides is 1. The Hall–Kier alpha value is -1.58. The number of hydrogen-bond acceptors (Lipinski definition) is 3. The van der Waals surface area contributed by atoms with E-state index in [0.717, 1.165) is 11.9 Å². The van der Waals surface area contributed by atoms with Gasteiger partial charge in [-0.1, -0.05) is 18.2 Å². The van der Waals surface area contributed by atoms with E-state index in [1.165, 1.54) is 0 Å². The lowest BCUT2D eigenvalue weighted by molar-refractivity contribution is -0.108. The fourth-order valence-electron chi connectivity index (χ4n) is 1.43. The third-order valence-corrected chi connectivity index (χ3v) is 2.12. The molecule has 1 amide bonds. The number of allylic oxidation sites excluding steroid dienone is 2. The molecule has 4 nitrogen and oxygen atoms in total. The van der Waals surface area contributed by atoms with Crippen molar-refractivity contribution in [1.82, 2.24) is 5.32 Å². The summed E-state index contributed by atoms with van der Waals surface area (Å²) in [5.74, 6) is 0. The highest BCUT2D eigenvalue weighted by Gasteiger charge is 2.20. The summed E-state index contributed by atoms with van der Waals surface area (Å²) in [6, 6.07) is -0.349. The SMILES string of the molecule is CC=CC(=CC)C(CC=O)NC(=O)OC(C)(C)C. The zero-order valence-corrected chi connectivity index (χ0v) is 11.8. The highest BCUT2D eigenvalue weighted by molar-refractivity contribution is 5.70. The molecule has 0 fully saturated rings. The van der Waals surface area contributed by atoms with Gasteiger partial charge in [-0.25, -0.2) is 4.79 Å². The number of ether oxygens (including phenoxy) is 1. The van der Waals surface area contributed by atoms with E-state index in [0.29, 0.717) is 0 Å². The van der Waals surface area contributed by atoms with Crippen molar-refractivity contribution in [3.05, 3.63) is 23.8 Å². The lowest BCUT2D eigenvalue weighted by atomic mass is 10.0. The molecular formula is C14H23NO3. The van der Waals surface area contributed by atoms with Crippen molar-refractivity contribution >= 4 is 12.4 Å². The number of aldehydes is 1. The number of hydrogen-bond donors (Lipinski definition) is 1. The summed E-state index contributed by atoms with van der Waals surface area (Å²) in [6.07, 6.45) is 6.09. The summed E-state index contributed by atoms with van der Waals surface area (Å²) in [6.45, 7) is 9.14. The molecule has 0 heterocycles. The molecular weight excluding hydrogens is 230 g/mol. The molecule has 4 heteroatoms. The van der Waals surface area contributed by atoms with E-state index in [1.54, 1.807) is 20.8 Å². The smallest absolute Gasteiger partial charge is 0.408 e. The zero-order valence-electron chi connectivity index (χ0n) is 11.8. The minimum atomic E-state index is -0.549. The van der Waals surface area contributed by atoms with Crippen LogP contribution in [-0.2, 0) is 9.53 Å². The van der Waals surface area contributed by atoms with Crippen LogP contribution in [0.2, 0.25) is 0 Å². The summed E-state index contributed by atoms with van der Waals surface area (Å²) in [7, 11) is 0.